The average molecular weight is 362 g/mol. The molecule has 0 spiro atoms. The maximum absolute atomic E-state index is 14.2. The molecule has 0 aromatic heterocycles. The zero-order valence-electron chi connectivity index (χ0n) is 13.5. The second-order valence-electron chi connectivity index (χ2n) is 5.55. The summed E-state index contributed by atoms with van der Waals surface area (Å²) in [6, 6.07) is 10.1. The molecule has 2 amide bonds. The smallest absolute Gasteiger partial charge is 0.238 e. The van der Waals surface area contributed by atoms with E-state index in [-0.39, 0.29) is 23.3 Å². The lowest BCUT2D eigenvalue weighted by Gasteiger charge is -2.25. The van der Waals surface area contributed by atoms with E-state index in [1.165, 1.54) is 16.7 Å². The van der Waals surface area contributed by atoms with Crippen molar-refractivity contribution >= 4 is 35.0 Å². The highest BCUT2D eigenvalue weighted by molar-refractivity contribution is 8.00. The summed E-state index contributed by atoms with van der Waals surface area (Å²) in [5.41, 5.74) is 1.25. The molecular weight excluding hydrogens is 346 g/mol. The van der Waals surface area contributed by atoms with Gasteiger partial charge >= 0.3 is 0 Å². The minimum absolute atomic E-state index is 0.0806. The Morgan fingerprint density at radius 1 is 1.28 bits per heavy atom. The molecule has 0 saturated carbocycles. The summed E-state index contributed by atoms with van der Waals surface area (Å²) >= 11 is 1.33. The molecule has 1 atom stereocenters. The number of benzene rings is 2. The third-order valence-electron chi connectivity index (χ3n) is 3.81. The van der Waals surface area contributed by atoms with Gasteiger partial charge in [-0.1, -0.05) is 19.1 Å². The van der Waals surface area contributed by atoms with E-state index < -0.39 is 17.0 Å². The molecule has 1 fully saturated rings. The number of hydrogen-bond acceptors (Lipinski definition) is 3. The van der Waals surface area contributed by atoms with Gasteiger partial charge in [0.15, 0.2) is 0 Å². The maximum Gasteiger partial charge on any atom is 0.238 e. The summed E-state index contributed by atoms with van der Waals surface area (Å²) < 4.78 is 27.7. The maximum atomic E-state index is 14.2. The highest BCUT2D eigenvalue weighted by Gasteiger charge is 2.35. The Morgan fingerprint density at radius 3 is 2.84 bits per heavy atom. The van der Waals surface area contributed by atoms with Crippen LogP contribution >= 0.6 is 11.8 Å². The van der Waals surface area contributed by atoms with Gasteiger partial charge in [0.25, 0.3) is 0 Å². The number of carbonyl (C=O) groups excluding carboxylic acids is 2. The van der Waals surface area contributed by atoms with Crippen LogP contribution in [-0.2, 0) is 9.59 Å². The molecule has 1 N–H and O–H groups in total. The number of hydrogen-bond donors (Lipinski definition) is 1. The first-order valence-electron chi connectivity index (χ1n) is 7.78. The summed E-state index contributed by atoms with van der Waals surface area (Å²) in [7, 11) is 0. The number of amides is 2. The fourth-order valence-electron chi connectivity index (χ4n) is 2.62. The molecule has 2 aromatic rings. The lowest BCUT2D eigenvalue weighted by atomic mass is 10.1. The monoisotopic (exact) mass is 362 g/mol. The Balaban J connectivity index is 1.96. The SMILES string of the molecule is CCC(=O)Nc1cccc(C2SCC(=O)N2c2cc(F)ccc2F)c1. The molecule has 7 heteroatoms. The number of anilines is 2. The molecule has 0 radical (unpaired) electrons. The lowest BCUT2D eigenvalue weighted by Crippen LogP contribution is -2.28. The Labute approximate surface area is 148 Å². The lowest BCUT2D eigenvalue weighted by molar-refractivity contribution is -0.116. The Morgan fingerprint density at radius 2 is 2.08 bits per heavy atom. The van der Waals surface area contributed by atoms with Crippen LogP contribution in [0.2, 0.25) is 0 Å². The van der Waals surface area contributed by atoms with Crippen molar-refractivity contribution in [2.45, 2.75) is 18.7 Å². The predicted molar refractivity (Wildman–Crippen MR) is 94.4 cm³/mol. The van der Waals surface area contributed by atoms with Crippen molar-refractivity contribution in [1.29, 1.82) is 0 Å². The molecule has 0 bridgehead atoms. The Bertz CT molecular complexity index is 828. The number of thioether (sulfide) groups is 1. The number of carbonyl (C=O) groups is 2. The molecule has 3 rings (SSSR count). The summed E-state index contributed by atoms with van der Waals surface area (Å²) in [6.07, 6.45) is 0.349. The first-order chi connectivity index (χ1) is 12.0. The second kappa shape index (κ2) is 7.23. The summed E-state index contributed by atoms with van der Waals surface area (Å²) in [5.74, 6) is -1.50. The Hall–Kier alpha value is -2.41. The van der Waals surface area contributed by atoms with E-state index in [1.807, 2.05) is 0 Å². The minimum atomic E-state index is -0.655. The van der Waals surface area contributed by atoms with E-state index in [1.54, 1.807) is 31.2 Å². The van der Waals surface area contributed by atoms with E-state index in [4.69, 9.17) is 0 Å². The fourth-order valence-corrected chi connectivity index (χ4v) is 3.78. The van der Waals surface area contributed by atoms with Gasteiger partial charge in [-0.25, -0.2) is 8.78 Å². The largest absolute Gasteiger partial charge is 0.326 e. The molecule has 1 aliphatic rings. The highest BCUT2D eigenvalue weighted by atomic mass is 32.2. The van der Waals surface area contributed by atoms with Gasteiger partial charge in [-0.3, -0.25) is 14.5 Å². The van der Waals surface area contributed by atoms with Gasteiger partial charge in [-0.15, -0.1) is 11.8 Å². The van der Waals surface area contributed by atoms with Crippen LogP contribution in [0.3, 0.4) is 0 Å². The predicted octanol–water partition coefficient (Wildman–Crippen LogP) is 4.09. The van der Waals surface area contributed by atoms with Gasteiger partial charge in [0, 0.05) is 18.2 Å². The van der Waals surface area contributed by atoms with Crippen LogP contribution in [-0.4, -0.2) is 17.6 Å². The molecular formula is C18H16F2N2O2S. The first-order valence-corrected chi connectivity index (χ1v) is 8.83. The number of rotatable bonds is 4. The summed E-state index contributed by atoms with van der Waals surface area (Å²) in [6.45, 7) is 1.75. The molecule has 4 nitrogen and oxygen atoms in total. The second-order valence-corrected chi connectivity index (χ2v) is 6.62. The van der Waals surface area contributed by atoms with Gasteiger partial charge in [0.1, 0.15) is 17.0 Å². The van der Waals surface area contributed by atoms with Gasteiger partial charge in [-0.05, 0) is 29.8 Å². The summed E-state index contributed by atoms with van der Waals surface area (Å²) in [4.78, 5) is 25.1. The zero-order valence-corrected chi connectivity index (χ0v) is 14.3. The third kappa shape index (κ3) is 3.66. The number of nitrogens with zero attached hydrogens (tertiary/aromatic N) is 1. The van der Waals surface area contributed by atoms with Gasteiger partial charge in [-0.2, -0.15) is 0 Å². The molecule has 25 heavy (non-hydrogen) atoms. The van der Waals surface area contributed by atoms with E-state index in [0.717, 1.165) is 23.8 Å². The van der Waals surface area contributed by atoms with Crippen molar-refractivity contribution in [3.63, 3.8) is 0 Å². The van der Waals surface area contributed by atoms with Crippen LogP contribution in [0.1, 0.15) is 24.3 Å². The van der Waals surface area contributed by atoms with Gasteiger partial charge in [0.05, 0.1) is 11.4 Å². The fraction of sp³-hybridized carbons (Fsp3) is 0.222. The number of halogens is 2. The van der Waals surface area contributed by atoms with Crippen molar-refractivity contribution in [2.75, 3.05) is 16.0 Å². The van der Waals surface area contributed by atoms with Crippen LogP contribution in [0.4, 0.5) is 20.2 Å². The third-order valence-corrected chi connectivity index (χ3v) is 5.02. The van der Waals surface area contributed by atoms with E-state index in [9.17, 15) is 18.4 Å². The molecule has 1 heterocycles. The quantitative estimate of drug-likeness (QED) is 0.891. The molecule has 1 unspecified atom stereocenters. The normalized spacial score (nSPS) is 17.0. The first kappa shape index (κ1) is 17.4. The molecule has 1 aliphatic heterocycles. The number of nitrogens with one attached hydrogen (secondary N) is 1. The van der Waals surface area contributed by atoms with Gasteiger partial charge < -0.3 is 5.32 Å². The van der Waals surface area contributed by atoms with Crippen LogP contribution in [0.5, 0.6) is 0 Å². The topological polar surface area (TPSA) is 49.4 Å². The van der Waals surface area contributed by atoms with Crippen molar-refractivity contribution < 1.29 is 18.4 Å². The van der Waals surface area contributed by atoms with Crippen molar-refractivity contribution in [2.24, 2.45) is 0 Å². The standard InChI is InChI=1S/C18H16F2N2O2S/c1-2-16(23)21-13-5-3-4-11(8-13)18-22(17(24)10-25-18)15-9-12(19)6-7-14(15)20/h3-9,18H,2,10H2,1H3,(H,21,23). The van der Waals surface area contributed by atoms with E-state index in [2.05, 4.69) is 5.32 Å². The van der Waals surface area contributed by atoms with Gasteiger partial charge in [0.2, 0.25) is 11.8 Å². The molecule has 1 saturated heterocycles. The van der Waals surface area contributed by atoms with Crippen LogP contribution in [0.15, 0.2) is 42.5 Å². The van der Waals surface area contributed by atoms with E-state index >= 15 is 0 Å². The Kier molecular flexibility index (Phi) is 5.03. The highest BCUT2D eigenvalue weighted by Crippen LogP contribution is 2.43. The summed E-state index contributed by atoms with van der Waals surface area (Å²) in [5, 5.41) is 2.27. The average Bonchev–Trinajstić information content (AvgIpc) is 2.98. The zero-order chi connectivity index (χ0) is 18.0. The van der Waals surface area contributed by atoms with Crippen molar-refractivity contribution in [1.82, 2.24) is 0 Å². The van der Waals surface area contributed by atoms with Crippen molar-refractivity contribution in [3.8, 4) is 0 Å². The molecule has 0 aliphatic carbocycles. The van der Waals surface area contributed by atoms with Crippen LogP contribution in [0.25, 0.3) is 0 Å². The van der Waals surface area contributed by atoms with Crippen LogP contribution < -0.4 is 10.2 Å². The van der Waals surface area contributed by atoms with E-state index in [0.29, 0.717) is 12.1 Å². The molecule has 130 valence electrons. The van der Waals surface area contributed by atoms with Crippen LogP contribution in [0, 0.1) is 11.6 Å². The molecule has 2 aromatic carbocycles. The van der Waals surface area contributed by atoms with Crippen molar-refractivity contribution in [3.05, 3.63) is 59.7 Å². The minimum Gasteiger partial charge on any atom is -0.326 e.